The summed E-state index contributed by atoms with van der Waals surface area (Å²) in [6.45, 7) is 3.74. The Hall–Kier alpha value is -0.0800. The molecule has 1 unspecified atom stereocenters. The molecule has 2 nitrogen and oxygen atoms in total. The lowest BCUT2D eigenvalue weighted by molar-refractivity contribution is 0.419. The van der Waals surface area contributed by atoms with E-state index in [2.05, 4.69) is 10.6 Å². The molecule has 2 fully saturated rings. The number of hydrogen-bond donors (Lipinski definition) is 2. The lowest BCUT2D eigenvalue weighted by Crippen LogP contribution is -2.31. The highest BCUT2D eigenvalue weighted by Gasteiger charge is 2.26. The van der Waals surface area contributed by atoms with E-state index in [4.69, 9.17) is 0 Å². The molecule has 2 heteroatoms. The summed E-state index contributed by atoms with van der Waals surface area (Å²) >= 11 is 0. The first kappa shape index (κ1) is 6.62. The third-order valence-corrected chi connectivity index (χ3v) is 2.77. The van der Waals surface area contributed by atoms with Crippen LogP contribution in [-0.2, 0) is 0 Å². The highest BCUT2D eigenvalue weighted by atomic mass is 15.0. The Labute approximate surface area is 62.4 Å². The average molecular weight is 140 g/mol. The van der Waals surface area contributed by atoms with E-state index in [-0.39, 0.29) is 0 Å². The van der Waals surface area contributed by atoms with Crippen LogP contribution in [0, 0.1) is 5.92 Å². The number of hydrogen-bond acceptors (Lipinski definition) is 2. The third-order valence-electron chi connectivity index (χ3n) is 2.77. The van der Waals surface area contributed by atoms with Gasteiger partial charge in [-0.15, -0.1) is 0 Å². The van der Waals surface area contributed by atoms with Crippen molar-refractivity contribution in [2.75, 3.05) is 19.6 Å². The lowest BCUT2D eigenvalue weighted by atomic mass is 9.98. The summed E-state index contributed by atoms with van der Waals surface area (Å²) in [6, 6.07) is 0.843. The van der Waals surface area contributed by atoms with Crippen molar-refractivity contribution in [2.24, 2.45) is 5.92 Å². The van der Waals surface area contributed by atoms with Gasteiger partial charge in [-0.1, -0.05) is 0 Å². The molecule has 2 rings (SSSR count). The SMILES string of the molecule is C1CN[C@H](C2CCNC2)C1. The topological polar surface area (TPSA) is 24.1 Å². The van der Waals surface area contributed by atoms with Crippen molar-refractivity contribution in [3.63, 3.8) is 0 Å². The van der Waals surface area contributed by atoms with Crippen molar-refractivity contribution in [1.82, 2.24) is 10.6 Å². The van der Waals surface area contributed by atoms with Crippen LogP contribution in [0.1, 0.15) is 19.3 Å². The molecule has 0 radical (unpaired) electrons. The van der Waals surface area contributed by atoms with E-state index in [1.165, 1.54) is 38.9 Å². The summed E-state index contributed by atoms with van der Waals surface area (Å²) in [5, 5.41) is 6.97. The van der Waals surface area contributed by atoms with E-state index in [0.717, 1.165) is 12.0 Å². The molecular weight excluding hydrogens is 124 g/mol. The van der Waals surface area contributed by atoms with E-state index in [0.29, 0.717) is 0 Å². The van der Waals surface area contributed by atoms with Gasteiger partial charge in [0.05, 0.1) is 0 Å². The Morgan fingerprint density at radius 3 is 2.70 bits per heavy atom. The predicted molar refractivity (Wildman–Crippen MR) is 42.0 cm³/mol. The molecule has 0 aromatic heterocycles. The molecule has 2 atom stereocenters. The quantitative estimate of drug-likeness (QED) is 0.549. The first-order valence-corrected chi connectivity index (χ1v) is 4.41. The van der Waals surface area contributed by atoms with Gasteiger partial charge in [0.25, 0.3) is 0 Å². The standard InChI is InChI=1S/C8H16N2/c1-2-8(10-4-1)7-3-5-9-6-7/h7-10H,1-6H2/t7?,8-/m0/s1. The normalized spacial score (nSPS) is 40.8. The Morgan fingerprint density at radius 1 is 1.10 bits per heavy atom. The van der Waals surface area contributed by atoms with Crippen molar-refractivity contribution < 1.29 is 0 Å². The molecule has 58 valence electrons. The summed E-state index contributed by atoms with van der Waals surface area (Å²) in [6.07, 6.45) is 4.19. The monoisotopic (exact) mass is 140 g/mol. The molecule has 2 aliphatic rings. The highest BCUT2D eigenvalue weighted by Crippen LogP contribution is 2.19. The van der Waals surface area contributed by atoms with Gasteiger partial charge in [-0.3, -0.25) is 0 Å². The zero-order valence-corrected chi connectivity index (χ0v) is 6.40. The second-order valence-electron chi connectivity index (χ2n) is 3.46. The maximum atomic E-state index is 3.56. The fourth-order valence-corrected chi connectivity index (χ4v) is 2.13. The van der Waals surface area contributed by atoms with Crippen LogP contribution >= 0.6 is 0 Å². The second kappa shape index (κ2) is 2.89. The number of rotatable bonds is 1. The lowest BCUT2D eigenvalue weighted by Gasteiger charge is -2.16. The van der Waals surface area contributed by atoms with Crippen molar-refractivity contribution in [3.05, 3.63) is 0 Å². The molecule has 0 saturated carbocycles. The van der Waals surface area contributed by atoms with E-state index in [1.807, 2.05) is 0 Å². The first-order valence-electron chi connectivity index (χ1n) is 4.41. The Morgan fingerprint density at radius 2 is 2.10 bits per heavy atom. The molecule has 0 aliphatic carbocycles. The maximum absolute atomic E-state index is 3.56. The zero-order chi connectivity index (χ0) is 6.81. The van der Waals surface area contributed by atoms with Gasteiger partial charge in [0, 0.05) is 6.04 Å². The minimum Gasteiger partial charge on any atom is -0.316 e. The average Bonchev–Trinajstić information content (AvgIpc) is 2.59. The number of nitrogens with one attached hydrogen (secondary N) is 2. The van der Waals surface area contributed by atoms with Gasteiger partial charge in [-0.2, -0.15) is 0 Å². The van der Waals surface area contributed by atoms with Gasteiger partial charge >= 0.3 is 0 Å². The highest BCUT2D eigenvalue weighted by molar-refractivity contribution is 4.86. The smallest absolute Gasteiger partial charge is 0.0108 e. The van der Waals surface area contributed by atoms with Crippen molar-refractivity contribution in [2.45, 2.75) is 25.3 Å². The van der Waals surface area contributed by atoms with Gasteiger partial charge in [0.1, 0.15) is 0 Å². The van der Waals surface area contributed by atoms with Crippen molar-refractivity contribution in [3.8, 4) is 0 Å². The van der Waals surface area contributed by atoms with Crippen LogP contribution in [-0.4, -0.2) is 25.7 Å². The van der Waals surface area contributed by atoms with Crippen LogP contribution < -0.4 is 10.6 Å². The largest absolute Gasteiger partial charge is 0.316 e. The Bertz CT molecular complexity index is 87.8. The van der Waals surface area contributed by atoms with Gasteiger partial charge in [-0.05, 0) is 44.8 Å². The molecule has 2 heterocycles. The van der Waals surface area contributed by atoms with Crippen LogP contribution in [0.4, 0.5) is 0 Å². The maximum Gasteiger partial charge on any atom is 0.0108 e. The fourth-order valence-electron chi connectivity index (χ4n) is 2.13. The van der Waals surface area contributed by atoms with Crippen LogP contribution in [0.5, 0.6) is 0 Å². The zero-order valence-electron chi connectivity index (χ0n) is 6.40. The van der Waals surface area contributed by atoms with Gasteiger partial charge in [-0.25, -0.2) is 0 Å². The summed E-state index contributed by atoms with van der Waals surface area (Å²) < 4.78 is 0. The van der Waals surface area contributed by atoms with Crippen LogP contribution in [0.15, 0.2) is 0 Å². The summed E-state index contributed by atoms with van der Waals surface area (Å²) in [5.41, 5.74) is 0. The molecule has 2 N–H and O–H groups in total. The third kappa shape index (κ3) is 1.18. The molecule has 0 bridgehead atoms. The second-order valence-corrected chi connectivity index (χ2v) is 3.46. The Kier molecular flexibility index (Phi) is 1.91. The van der Waals surface area contributed by atoms with Crippen LogP contribution in [0.3, 0.4) is 0 Å². The van der Waals surface area contributed by atoms with Gasteiger partial charge in [0.2, 0.25) is 0 Å². The van der Waals surface area contributed by atoms with Crippen LogP contribution in [0.25, 0.3) is 0 Å². The summed E-state index contributed by atoms with van der Waals surface area (Å²) in [7, 11) is 0. The van der Waals surface area contributed by atoms with Crippen molar-refractivity contribution >= 4 is 0 Å². The summed E-state index contributed by atoms with van der Waals surface area (Å²) in [5.74, 6) is 0.933. The minimum atomic E-state index is 0.843. The molecule has 2 saturated heterocycles. The van der Waals surface area contributed by atoms with E-state index >= 15 is 0 Å². The fraction of sp³-hybridized carbons (Fsp3) is 1.00. The molecule has 10 heavy (non-hydrogen) atoms. The van der Waals surface area contributed by atoms with Crippen molar-refractivity contribution in [1.29, 1.82) is 0 Å². The van der Waals surface area contributed by atoms with E-state index < -0.39 is 0 Å². The van der Waals surface area contributed by atoms with Gasteiger partial charge in [0.15, 0.2) is 0 Å². The van der Waals surface area contributed by atoms with Crippen LogP contribution in [0.2, 0.25) is 0 Å². The molecule has 0 amide bonds. The summed E-state index contributed by atoms with van der Waals surface area (Å²) in [4.78, 5) is 0. The molecule has 0 spiro atoms. The molecule has 2 aliphatic heterocycles. The molecule has 0 aromatic rings. The molecular formula is C8H16N2. The van der Waals surface area contributed by atoms with E-state index in [9.17, 15) is 0 Å². The van der Waals surface area contributed by atoms with Gasteiger partial charge < -0.3 is 10.6 Å². The Balaban J connectivity index is 1.85. The predicted octanol–water partition coefficient (Wildman–Crippen LogP) is 0.348. The molecule has 0 aromatic carbocycles. The van der Waals surface area contributed by atoms with E-state index in [1.54, 1.807) is 0 Å². The first-order chi connectivity index (χ1) is 4.97. The minimum absolute atomic E-state index is 0.843.